The normalized spacial score (nSPS) is 25.3. The highest BCUT2D eigenvalue weighted by Crippen LogP contribution is 2.14. The molecule has 1 aliphatic heterocycles. The lowest BCUT2D eigenvalue weighted by atomic mass is 10.1. The van der Waals surface area contributed by atoms with Crippen LogP contribution in [0.25, 0.3) is 0 Å². The first-order chi connectivity index (χ1) is 6.38. The molecule has 1 aliphatic rings. The maximum Gasteiger partial charge on any atom is 0.410 e. The predicted octanol–water partition coefficient (Wildman–Crippen LogP) is 2.41. The molecule has 0 aromatic carbocycles. The maximum absolute atomic E-state index is 11.6. The molecular formula is C10H19NO2. The Labute approximate surface area is 81.5 Å². The van der Waals surface area contributed by atoms with Gasteiger partial charge in [-0.2, -0.15) is 0 Å². The summed E-state index contributed by atoms with van der Waals surface area (Å²) < 4.78 is 12.8. The molecule has 0 aromatic heterocycles. The molecule has 1 unspecified atom stereocenters. The van der Waals surface area contributed by atoms with Gasteiger partial charge in [-0.3, -0.25) is 0 Å². The Hall–Kier alpha value is -0.730. The molecule has 1 heterocycles. The molecule has 0 spiro atoms. The van der Waals surface area contributed by atoms with E-state index in [4.69, 9.17) is 6.11 Å². The monoisotopic (exact) mass is 187 g/mol. The van der Waals surface area contributed by atoms with Crippen LogP contribution in [0, 0.1) is 0 Å². The second-order valence-corrected chi connectivity index (χ2v) is 4.36. The second kappa shape index (κ2) is 3.99. The van der Waals surface area contributed by atoms with Crippen molar-refractivity contribution in [3.05, 3.63) is 0 Å². The third-order valence-electron chi connectivity index (χ3n) is 1.84. The van der Waals surface area contributed by atoms with Crippen LogP contribution in [0.2, 0.25) is 0 Å². The van der Waals surface area contributed by atoms with Gasteiger partial charge in [-0.1, -0.05) is 0 Å². The maximum atomic E-state index is 11.6. The van der Waals surface area contributed by atoms with Crippen molar-refractivity contribution in [2.75, 3.05) is 13.1 Å². The quantitative estimate of drug-likeness (QED) is 0.583. The van der Waals surface area contributed by atoms with Gasteiger partial charge in [0.1, 0.15) is 5.60 Å². The number of carbonyl (C=O) groups is 1. The number of carbonyl (C=O) groups excluding carboxylic acids is 1. The number of likely N-dealkylation sites (tertiary alicyclic amines) is 1. The van der Waals surface area contributed by atoms with Crippen molar-refractivity contribution >= 4 is 6.09 Å². The Morgan fingerprint density at radius 3 is 2.62 bits per heavy atom. The van der Waals surface area contributed by atoms with Gasteiger partial charge in [0.15, 0.2) is 0 Å². The van der Waals surface area contributed by atoms with Gasteiger partial charge in [-0.15, -0.1) is 0 Å². The van der Waals surface area contributed by atoms with E-state index < -0.39 is 5.60 Å². The molecule has 0 bridgehead atoms. The Balaban J connectivity index is 2.44. The fraction of sp³-hybridized carbons (Fsp3) is 0.900. The summed E-state index contributed by atoms with van der Waals surface area (Å²) in [5.74, 6) is 0. The van der Waals surface area contributed by atoms with Crippen molar-refractivity contribution < 1.29 is 10.9 Å². The van der Waals surface area contributed by atoms with Gasteiger partial charge >= 0.3 is 6.09 Å². The first kappa shape index (κ1) is 8.85. The molecule has 0 aromatic rings. The summed E-state index contributed by atoms with van der Waals surface area (Å²) in [6.07, 6.45) is 1.37. The van der Waals surface area contributed by atoms with E-state index in [1.807, 2.05) is 20.8 Å². The Morgan fingerprint density at radius 1 is 1.38 bits per heavy atom. The lowest BCUT2D eigenvalue weighted by molar-refractivity contribution is 0.0216. The van der Waals surface area contributed by atoms with Crippen molar-refractivity contribution in [2.24, 2.45) is 0 Å². The summed E-state index contributed by atoms with van der Waals surface area (Å²) in [6.45, 7) is 6.80. The van der Waals surface area contributed by atoms with Crippen LogP contribution < -0.4 is 0 Å². The first-order valence-electron chi connectivity index (χ1n) is 5.36. The van der Waals surface area contributed by atoms with E-state index in [9.17, 15) is 4.79 Å². The number of ether oxygens (including phenoxy) is 1. The highest BCUT2D eigenvalue weighted by Gasteiger charge is 2.22. The van der Waals surface area contributed by atoms with E-state index in [0.29, 0.717) is 6.54 Å². The molecule has 1 amide bonds. The van der Waals surface area contributed by atoms with Crippen LogP contribution in [0.5, 0.6) is 0 Å². The Kier molecular flexibility index (Phi) is 2.71. The fourth-order valence-corrected chi connectivity index (χ4v) is 1.26. The van der Waals surface area contributed by atoms with Crippen LogP contribution in [0.3, 0.4) is 0 Å². The van der Waals surface area contributed by atoms with Gasteiger partial charge in [0.2, 0.25) is 0 Å². The van der Waals surface area contributed by atoms with Crippen molar-refractivity contribution in [1.82, 2.24) is 4.90 Å². The molecule has 76 valence electrons. The van der Waals surface area contributed by atoms with Gasteiger partial charge in [0.25, 0.3) is 0 Å². The van der Waals surface area contributed by atoms with E-state index in [2.05, 4.69) is 0 Å². The number of hydrogen-bond acceptors (Lipinski definition) is 2. The third-order valence-corrected chi connectivity index (χ3v) is 1.84. The van der Waals surface area contributed by atoms with Gasteiger partial charge < -0.3 is 9.64 Å². The Morgan fingerprint density at radius 2 is 2.08 bits per heavy atom. The van der Waals surface area contributed by atoms with Crippen LogP contribution in [0.15, 0.2) is 0 Å². The molecule has 3 nitrogen and oxygen atoms in total. The minimum absolute atomic E-state index is 0.142. The molecule has 1 atom stereocenters. The zero-order valence-corrected chi connectivity index (χ0v) is 8.67. The highest BCUT2D eigenvalue weighted by molar-refractivity contribution is 5.68. The summed E-state index contributed by atoms with van der Waals surface area (Å²) in [5.41, 5.74) is -0.438. The molecule has 1 rings (SSSR count). The standard InChI is InChI=1S/C10H19NO2/c1-10(2,3)13-9(12)11-7-5-4-6-8-11/h4-8H2,1-3H3/i5T. The number of piperidine rings is 1. The van der Waals surface area contributed by atoms with Crippen molar-refractivity contribution in [2.45, 2.75) is 45.6 Å². The van der Waals surface area contributed by atoms with Crippen LogP contribution in [0.1, 0.15) is 41.4 Å². The summed E-state index contributed by atoms with van der Waals surface area (Å²) in [6, 6.07) is 0. The van der Waals surface area contributed by atoms with E-state index in [1.54, 1.807) is 4.90 Å². The molecule has 0 aliphatic carbocycles. The van der Waals surface area contributed by atoms with Gasteiger partial charge in [-0.05, 0) is 40.0 Å². The number of amides is 1. The lowest BCUT2D eigenvalue weighted by Gasteiger charge is -2.29. The summed E-state index contributed by atoms with van der Waals surface area (Å²) in [5, 5.41) is 0. The summed E-state index contributed by atoms with van der Waals surface area (Å²) in [7, 11) is 0. The highest BCUT2D eigenvalue weighted by atomic mass is 16.6. The Bertz CT molecular complexity index is 213. The third kappa shape index (κ3) is 3.66. The topological polar surface area (TPSA) is 29.5 Å². The molecular weight excluding hydrogens is 166 g/mol. The van der Waals surface area contributed by atoms with Crippen LogP contribution >= 0.6 is 0 Å². The summed E-state index contributed by atoms with van der Waals surface area (Å²) in [4.78, 5) is 13.2. The van der Waals surface area contributed by atoms with Gasteiger partial charge in [0.05, 0.1) is 0 Å². The second-order valence-electron chi connectivity index (χ2n) is 4.36. The van der Waals surface area contributed by atoms with Gasteiger partial charge in [-0.25, -0.2) is 4.79 Å². The largest absolute Gasteiger partial charge is 0.444 e. The molecule has 13 heavy (non-hydrogen) atoms. The van der Waals surface area contributed by atoms with Crippen LogP contribution in [0.4, 0.5) is 4.79 Å². The smallest absolute Gasteiger partial charge is 0.410 e. The zero-order valence-electron chi connectivity index (χ0n) is 9.67. The number of hydrogen-bond donors (Lipinski definition) is 0. The lowest BCUT2D eigenvalue weighted by Crippen LogP contribution is -2.39. The zero-order chi connectivity index (χ0) is 10.8. The van der Waals surface area contributed by atoms with Crippen molar-refractivity contribution in [3.8, 4) is 0 Å². The van der Waals surface area contributed by atoms with E-state index >= 15 is 0 Å². The van der Waals surface area contributed by atoms with Gasteiger partial charge in [0, 0.05) is 14.5 Å². The van der Waals surface area contributed by atoms with Crippen LogP contribution in [-0.4, -0.2) is 29.7 Å². The SMILES string of the molecule is [3H]C1CCCN(C(=O)OC(C)(C)C)C1. The summed E-state index contributed by atoms with van der Waals surface area (Å²) >= 11 is 0. The van der Waals surface area contributed by atoms with Crippen molar-refractivity contribution in [3.63, 3.8) is 0 Å². The molecule has 0 N–H and O–H groups in total. The van der Waals surface area contributed by atoms with E-state index in [-0.39, 0.29) is 12.5 Å². The predicted molar refractivity (Wildman–Crippen MR) is 51.7 cm³/mol. The molecule has 1 fully saturated rings. The average molecular weight is 187 g/mol. The number of nitrogens with zero attached hydrogens (tertiary/aromatic N) is 1. The minimum Gasteiger partial charge on any atom is -0.444 e. The number of rotatable bonds is 0. The minimum atomic E-state index is -0.438. The molecule has 3 heteroatoms. The molecule has 0 radical (unpaired) electrons. The molecule has 0 saturated carbocycles. The molecule has 1 saturated heterocycles. The fourth-order valence-electron chi connectivity index (χ4n) is 1.26. The first-order valence-corrected chi connectivity index (χ1v) is 4.78. The van der Waals surface area contributed by atoms with Crippen LogP contribution in [-0.2, 0) is 4.74 Å². The van der Waals surface area contributed by atoms with E-state index in [0.717, 1.165) is 19.4 Å². The van der Waals surface area contributed by atoms with Crippen molar-refractivity contribution in [1.29, 1.82) is 0 Å². The van der Waals surface area contributed by atoms with E-state index in [1.165, 1.54) is 0 Å². The average Bonchev–Trinajstić information content (AvgIpc) is 2.01.